The average Bonchev–Trinajstić information content (AvgIpc) is 3.27. The van der Waals surface area contributed by atoms with E-state index in [-0.39, 0.29) is 23.2 Å². The largest absolute Gasteiger partial charge is 0.493 e. The highest BCUT2D eigenvalue weighted by Gasteiger charge is 2.25. The Morgan fingerprint density at radius 1 is 1.14 bits per heavy atom. The number of anilines is 1. The monoisotopic (exact) mass is 541 g/mol. The molecule has 190 valence electrons. The third kappa shape index (κ3) is 6.04. The number of ether oxygens (including phenoxy) is 3. The van der Waals surface area contributed by atoms with Crippen molar-refractivity contribution in [2.75, 3.05) is 64.8 Å². The van der Waals surface area contributed by atoms with Crippen LogP contribution in [-0.4, -0.2) is 84.1 Å². The molecule has 3 aromatic rings. The van der Waals surface area contributed by atoms with Gasteiger partial charge < -0.3 is 14.2 Å². The quantitative estimate of drug-likeness (QED) is 0.429. The van der Waals surface area contributed by atoms with Gasteiger partial charge in [-0.2, -0.15) is 0 Å². The molecule has 1 aliphatic rings. The molecule has 35 heavy (non-hydrogen) atoms. The van der Waals surface area contributed by atoms with Crippen molar-refractivity contribution in [3.63, 3.8) is 0 Å². The lowest BCUT2D eigenvalue weighted by atomic mass is 10.1. The number of carbonyl (C=O) groups is 1. The summed E-state index contributed by atoms with van der Waals surface area (Å²) in [5, 5.41) is 0.444. The summed E-state index contributed by atoms with van der Waals surface area (Å²) in [6, 6.07) is 10.0. The molecule has 0 atom stereocenters. The van der Waals surface area contributed by atoms with E-state index < -0.39 is 9.84 Å². The van der Waals surface area contributed by atoms with Crippen LogP contribution in [0.2, 0.25) is 0 Å². The van der Waals surface area contributed by atoms with Crippen molar-refractivity contribution in [2.24, 2.45) is 0 Å². The van der Waals surface area contributed by atoms with E-state index in [4.69, 9.17) is 14.2 Å². The zero-order valence-corrected chi connectivity index (χ0v) is 22.2. The fourth-order valence-electron chi connectivity index (χ4n) is 3.80. The molecule has 9 nitrogen and oxygen atoms in total. The molecule has 2 aromatic carbocycles. The molecule has 1 amide bonds. The zero-order chi connectivity index (χ0) is 24.3. The van der Waals surface area contributed by atoms with Gasteiger partial charge in [-0.1, -0.05) is 17.4 Å². The number of rotatable bonds is 8. The third-order valence-electron chi connectivity index (χ3n) is 5.62. The topological polar surface area (TPSA) is 98.3 Å². The van der Waals surface area contributed by atoms with E-state index in [1.54, 1.807) is 29.2 Å². The second kappa shape index (κ2) is 11.5. The first-order chi connectivity index (χ1) is 16.3. The van der Waals surface area contributed by atoms with Crippen LogP contribution < -0.4 is 14.4 Å². The molecular weight excluding hydrogens is 514 g/mol. The van der Waals surface area contributed by atoms with E-state index in [1.807, 2.05) is 6.07 Å². The van der Waals surface area contributed by atoms with Gasteiger partial charge in [0.1, 0.15) is 5.52 Å². The molecule has 0 unspecified atom stereocenters. The maximum absolute atomic E-state index is 13.7. The van der Waals surface area contributed by atoms with E-state index in [9.17, 15) is 13.2 Å². The van der Waals surface area contributed by atoms with Crippen molar-refractivity contribution < 1.29 is 27.4 Å². The highest BCUT2D eigenvalue weighted by molar-refractivity contribution is 7.91. The van der Waals surface area contributed by atoms with E-state index >= 15 is 0 Å². The Hall–Kier alpha value is -2.44. The molecule has 0 spiro atoms. The van der Waals surface area contributed by atoms with Crippen LogP contribution in [0.1, 0.15) is 10.4 Å². The first kappa shape index (κ1) is 27.2. The number of methoxy groups -OCH3 is 2. The van der Waals surface area contributed by atoms with Gasteiger partial charge >= 0.3 is 0 Å². The highest BCUT2D eigenvalue weighted by atomic mass is 35.5. The Balaban J connectivity index is 0.00000342. The van der Waals surface area contributed by atoms with Crippen LogP contribution in [0.4, 0.5) is 5.13 Å². The van der Waals surface area contributed by atoms with Gasteiger partial charge in [-0.15, -0.1) is 12.4 Å². The van der Waals surface area contributed by atoms with Crippen LogP contribution in [0.15, 0.2) is 41.3 Å². The molecule has 0 saturated carbocycles. The number of fused-ring (bicyclic) bond motifs is 1. The van der Waals surface area contributed by atoms with Crippen LogP contribution in [0, 0.1) is 0 Å². The molecule has 0 aliphatic carbocycles. The molecule has 0 radical (unpaired) electrons. The van der Waals surface area contributed by atoms with Gasteiger partial charge in [-0.25, -0.2) is 13.4 Å². The third-order valence-corrected chi connectivity index (χ3v) is 7.79. The van der Waals surface area contributed by atoms with Gasteiger partial charge in [0.05, 0.1) is 37.0 Å². The zero-order valence-electron chi connectivity index (χ0n) is 19.7. The molecule has 2 heterocycles. The van der Waals surface area contributed by atoms with Crippen molar-refractivity contribution in [3.8, 4) is 11.5 Å². The summed E-state index contributed by atoms with van der Waals surface area (Å²) < 4.78 is 41.4. The van der Waals surface area contributed by atoms with Gasteiger partial charge in [0.2, 0.25) is 0 Å². The molecular formula is C23H28ClN3O6S2. The Morgan fingerprint density at radius 3 is 2.51 bits per heavy atom. The number of halogens is 1. The fraction of sp³-hybridized carbons (Fsp3) is 0.391. The Labute approximate surface area is 214 Å². The maximum Gasteiger partial charge on any atom is 0.260 e. The van der Waals surface area contributed by atoms with Gasteiger partial charge in [0, 0.05) is 38.0 Å². The maximum atomic E-state index is 13.7. The molecule has 1 fully saturated rings. The smallest absolute Gasteiger partial charge is 0.260 e. The average molecular weight is 542 g/mol. The van der Waals surface area contributed by atoms with Gasteiger partial charge in [-0.3, -0.25) is 14.6 Å². The van der Waals surface area contributed by atoms with Crippen molar-refractivity contribution in [3.05, 3.63) is 42.0 Å². The van der Waals surface area contributed by atoms with Crippen molar-refractivity contribution in [1.82, 2.24) is 9.88 Å². The minimum Gasteiger partial charge on any atom is -0.493 e. The lowest BCUT2D eigenvalue weighted by molar-refractivity contribution is 0.0391. The number of benzene rings is 2. The molecule has 1 aromatic heterocycles. The second-order valence-electron chi connectivity index (χ2n) is 7.85. The Kier molecular flexibility index (Phi) is 8.94. The van der Waals surface area contributed by atoms with Gasteiger partial charge in [-0.05, 0) is 30.3 Å². The van der Waals surface area contributed by atoms with Crippen molar-refractivity contribution in [1.29, 1.82) is 0 Å². The van der Waals surface area contributed by atoms with Crippen LogP contribution in [-0.2, 0) is 14.6 Å². The van der Waals surface area contributed by atoms with Crippen LogP contribution in [0.3, 0.4) is 0 Å². The highest BCUT2D eigenvalue weighted by Crippen LogP contribution is 2.34. The SMILES string of the molecule is COc1ccc(C(=O)N(CCN2CCOCC2)c2nc3c(S(C)(=O)=O)cccc3s2)cc1OC.Cl. The molecule has 12 heteroatoms. The van der Waals surface area contributed by atoms with Crippen LogP contribution in [0.25, 0.3) is 10.2 Å². The number of para-hydroxylation sites is 1. The number of thiazole rings is 1. The summed E-state index contributed by atoms with van der Waals surface area (Å²) in [6.07, 6.45) is 1.16. The number of aromatic nitrogens is 1. The minimum atomic E-state index is -3.47. The molecule has 1 saturated heterocycles. The van der Waals surface area contributed by atoms with Crippen LogP contribution in [0.5, 0.6) is 11.5 Å². The lowest BCUT2D eigenvalue weighted by Gasteiger charge is -2.29. The number of hydrogen-bond donors (Lipinski definition) is 0. The summed E-state index contributed by atoms with van der Waals surface area (Å²) in [7, 11) is -0.420. The van der Waals surface area contributed by atoms with Gasteiger partial charge in [0.15, 0.2) is 26.5 Å². The first-order valence-corrected chi connectivity index (χ1v) is 13.5. The van der Waals surface area contributed by atoms with Crippen molar-refractivity contribution in [2.45, 2.75) is 4.90 Å². The van der Waals surface area contributed by atoms with E-state index in [1.165, 1.54) is 31.6 Å². The standard InChI is InChI=1S/C23H27N3O6S2.ClH/c1-30-17-8-7-16(15-18(17)31-2)22(27)26(10-9-25-11-13-32-14-12-25)23-24-21-19(33-23)5-4-6-20(21)34(3,28)29;/h4-8,15H,9-14H2,1-3H3;1H. The van der Waals surface area contributed by atoms with E-state index in [0.717, 1.165) is 19.3 Å². The van der Waals surface area contributed by atoms with E-state index in [2.05, 4.69) is 9.88 Å². The normalized spacial score (nSPS) is 14.4. The van der Waals surface area contributed by atoms with E-state index in [0.29, 0.717) is 58.7 Å². The Morgan fingerprint density at radius 2 is 1.86 bits per heavy atom. The summed E-state index contributed by atoms with van der Waals surface area (Å²) in [5.74, 6) is 0.719. The summed E-state index contributed by atoms with van der Waals surface area (Å²) >= 11 is 1.29. The molecule has 0 bridgehead atoms. The summed E-state index contributed by atoms with van der Waals surface area (Å²) in [5.41, 5.74) is 0.795. The predicted octanol–water partition coefficient (Wildman–Crippen LogP) is 3.12. The number of amides is 1. The summed E-state index contributed by atoms with van der Waals surface area (Å²) in [6.45, 7) is 3.91. The number of morpholine rings is 1. The molecule has 0 N–H and O–H groups in total. The number of carbonyl (C=O) groups excluding carboxylic acids is 1. The second-order valence-corrected chi connectivity index (χ2v) is 10.8. The van der Waals surface area contributed by atoms with Gasteiger partial charge in [0.25, 0.3) is 5.91 Å². The minimum absolute atomic E-state index is 0. The number of nitrogens with zero attached hydrogens (tertiary/aromatic N) is 3. The molecule has 4 rings (SSSR count). The van der Waals surface area contributed by atoms with Crippen LogP contribution >= 0.6 is 23.7 Å². The predicted molar refractivity (Wildman–Crippen MR) is 138 cm³/mol. The van der Waals surface area contributed by atoms with Crippen molar-refractivity contribution >= 4 is 54.8 Å². The summed E-state index contributed by atoms with van der Waals surface area (Å²) in [4.78, 5) is 22.3. The Bertz CT molecular complexity index is 1290. The fourth-order valence-corrected chi connectivity index (χ4v) is 5.72. The number of hydrogen-bond acceptors (Lipinski definition) is 9. The molecule has 1 aliphatic heterocycles. The lowest BCUT2D eigenvalue weighted by Crippen LogP contribution is -2.43. The first-order valence-electron chi connectivity index (χ1n) is 10.8. The number of sulfone groups is 1.